The Bertz CT molecular complexity index is 167. The largest absolute Gasteiger partial charge is 0.481 e. The minimum atomic E-state index is -0.675. The standard InChI is InChI=1S/C10H18O2/c1-4-7-8-10(5-2,6-3)9(11)12/h4,7H,5-6,8H2,1-3H3,(H,11,12). The highest BCUT2D eigenvalue weighted by atomic mass is 16.4. The van der Waals surface area contributed by atoms with Gasteiger partial charge in [0.25, 0.3) is 0 Å². The third-order valence-corrected chi connectivity index (χ3v) is 2.55. The monoisotopic (exact) mass is 170 g/mol. The highest BCUT2D eigenvalue weighted by Gasteiger charge is 2.32. The van der Waals surface area contributed by atoms with Crippen molar-refractivity contribution in [1.29, 1.82) is 0 Å². The van der Waals surface area contributed by atoms with Gasteiger partial charge in [0.15, 0.2) is 0 Å². The molecule has 0 aliphatic heterocycles. The normalized spacial score (nSPS) is 12.2. The van der Waals surface area contributed by atoms with Gasteiger partial charge >= 0.3 is 5.97 Å². The van der Waals surface area contributed by atoms with Crippen molar-refractivity contribution in [2.24, 2.45) is 5.41 Å². The van der Waals surface area contributed by atoms with E-state index in [4.69, 9.17) is 5.11 Å². The Hall–Kier alpha value is -0.790. The van der Waals surface area contributed by atoms with Crippen LogP contribution in [0.3, 0.4) is 0 Å². The molecular weight excluding hydrogens is 152 g/mol. The summed E-state index contributed by atoms with van der Waals surface area (Å²) in [5.74, 6) is -0.675. The average Bonchev–Trinajstić information content (AvgIpc) is 2.07. The van der Waals surface area contributed by atoms with Crippen molar-refractivity contribution >= 4 is 5.97 Å². The molecule has 1 N–H and O–H groups in total. The predicted molar refractivity (Wildman–Crippen MR) is 50.1 cm³/mol. The SMILES string of the molecule is CC=CCC(CC)(CC)C(=O)O. The van der Waals surface area contributed by atoms with Gasteiger partial charge in [0.2, 0.25) is 0 Å². The summed E-state index contributed by atoms with van der Waals surface area (Å²) in [7, 11) is 0. The lowest BCUT2D eigenvalue weighted by Gasteiger charge is -2.24. The zero-order valence-corrected chi connectivity index (χ0v) is 8.13. The van der Waals surface area contributed by atoms with E-state index in [1.165, 1.54) is 0 Å². The second kappa shape index (κ2) is 4.96. The smallest absolute Gasteiger partial charge is 0.309 e. The Morgan fingerprint density at radius 1 is 1.42 bits per heavy atom. The summed E-state index contributed by atoms with van der Waals surface area (Å²) in [5, 5.41) is 9.02. The Morgan fingerprint density at radius 2 is 1.92 bits per heavy atom. The molecule has 0 saturated heterocycles. The molecule has 0 atom stereocenters. The fourth-order valence-electron chi connectivity index (χ4n) is 1.27. The van der Waals surface area contributed by atoms with Crippen molar-refractivity contribution in [2.75, 3.05) is 0 Å². The number of rotatable bonds is 5. The number of allylic oxidation sites excluding steroid dienone is 2. The second-order valence-corrected chi connectivity index (χ2v) is 3.07. The molecule has 0 bridgehead atoms. The van der Waals surface area contributed by atoms with E-state index in [-0.39, 0.29) is 0 Å². The lowest BCUT2D eigenvalue weighted by Crippen LogP contribution is -2.28. The van der Waals surface area contributed by atoms with Crippen LogP contribution in [-0.2, 0) is 4.79 Å². The summed E-state index contributed by atoms with van der Waals surface area (Å²) in [4.78, 5) is 11.0. The van der Waals surface area contributed by atoms with E-state index in [1.54, 1.807) is 0 Å². The van der Waals surface area contributed by atoms with Gasteiger partial charge in [-0.25, -0.2) is 0 Å². The number of carboxylic acid groups (broad SMARTS) is 1. The lowest BCUT2D eigenvalue weighted by molar-refractivity contribution is -0.149. The van der Waals surface area contributed by atoms with Crippen LogP contribution in [-0.4, -0.2) is 11.1 Å². The molecule has 0 aromatic rings. The first-order valence-corrected chi connectivity index (χ1v) is 4.47. The van der Waals surface area contributed by atoms with E-state index in [1.807, 2.05) is 32.9 Å². The van der Waals surface area contributed by atoms with E-state index >= 15 is 0 Å². The fourth-order valence-corrected chi connectivity index (χ4v) is 1.27. The van der Waals surface area contributed by atoms with Crippen LogP contribution in [0, 0.1) is 5.41 Å². The molecule has 0 aromatic carbocycles. The van der Waals surface area contributed by atoms with E-state index in [0.717, 1.165) is 0 Å². The lowest BCUT2D eigenvalue weighted by atomic mass is 9.79. The van der Waals surface area contributed by atoms with Gasteiger partial charge in [-0.3, -0.25) is 4.79 Å². The van der Waals surface area contributed by atoms with Gasteiger partial charge in [0.1, 0.15) is 0 Å². The van der Waals surface area contributed by atoms with Crippen LogP contribution in [0.25, 0.3) is 0 Å². The van der Waals surface area contributed by atoms with Crippen LogP contribution in [0.15, 0.2) is 12.2 Å². The average molecular weight is 170 g/mol. The maximum absolute atomic E-state index is 11.0. The summed E-state index contributed by atoms with van der Waals surface area (Å²) in [6, 6.07) is 0. The fraction of sp³-hybridized carbons (Fsp3) is 0.700. The highest BCUT2D eigenvalue weighted by molar-refractivity contribution is 5.74. The molecule has 0 aliphatic carbocycles. The van der Waals surface area contributed by atoms with Gasteiger partial charge < -0.3 is 5.11 Å². The van der Waals surface area contributed by atoms with Gasteiger partial charge in [-0.05, 0) is 26.2 Å². The number of aliphatic carboxylic acids is 1. The summed E-state index contributed by atoms with van der Waals surface area (Å²) in [5.41, 5.74) is -0.535. The summed E-state index contributed by atoms with van der Waals surface area (Å²) >= 11 is 0. The highest BCUT2D eigenvalue weighted by Crippen LogP contribution is 2.31. The van der Waals surface area contributed by atoms with Crippen molar-refractivity contribution < 1.29 is 9.90 Å². The Labute approximate surface area is 74.3 Å². The van der Waals surface area contributed by atoms with Crippen LogP contribution in [0.5, 0.6) is 0 Å². The third-order valence-electron chi connectivity index (χ3n) is 2.55. The van der Waals surface area contributed by atoms with E-state index in [9.17, 15) is 4.79 Å². The van der Waals surface area contributed by atoms with Crippen molar-refractivity contribution in [3.8, 4) is 0 Å². The first kappa shape index (κ1) is 11.2. The summed E-state index contributed by atoms with van der Waals surface area (Å²) in [6.07, 6.45) is 5.88. The van der Waals surface area contributed by atoms with Crippen molar-refractivity contribution in [1.82, 2.24) is 0 Å². The maximum Gasteiger partial charge on any atom is 0.309 e. The van der Waals surface area contributed by atoms with Crippen LogP contribution < -0.4 is 0 Å². The molecule has 0 saturated carbocycles. The summed E-state index contributed by atoms with van der Waals surface area (Å²) < 4.78 is 0. The molecule has 0 radical (unpaired) electrons. The van der Waals surface area contributed by atoms with E-state index < -0.39 is 11.4 Å². The predicted octanol–water partition coefficient (Wildman–Crippen LogP) is 2.84. The topological polar surface area (TPSA) is 37.3 Å². The molecule has 0 fully saturated rings. The van der Waals surface area contributed by atoms with Gasteiger partial charge in [0.05, 0.1) is 5.41 Å². The molecule has 0 rings (SSSR count). The minimum Gasteiger partial charge on any atom is -0.481 e. The van der Waals surface area contributed by atoms with Crippen molar-refractivity contribution in [2.45, 2.75) is 40.0 Å². The Kier molecular flexibility index (Phi) is 4.64. The zero-order chi connectivity index (χ0) is 9.61. The molecule has 0 heterocycles. The molecule has 0 spiro atoms. The van der Waals surface area contributed by atoms with Crippen LogP contribution >= 0.6 is 0 Å². The van der Waals surface area contributed by atoms with E-state index in [2.05, 4.69) is 0 Å². The van der Waals surface area contributed by atoms with Crippen LogP contribution in [0.2, 0.25) is 0 Å². The number of hydrogen-bond acceptors (Lipinski definition) is 1. The second-order valence-electron chi connectivity index (χ2n) is 3.07. The van der Waals surface area contributed by atoms with Gasteiger partial charge in [-0.1, -0.05) is 26.0 Å². The molecular formula is C10H18O2. The van der Waals surface area contributed by atoms with Gasteiger partial charge in [-0.2, -0.15) is 0 Å². The maximum atomic E-state index is 11.0. The Balaban J connectivity index is 4.46. The molecule has 0 aliphatic rings. The van der Waals surface area contributed by atoms with Crippen LogP contribution in [0.1, 0.15) is 40.0 Å². The molecule has 2 nitrogen and oxygen atoms in total. The molecule has 0 amide bonds. The molecule has 70 valence electrons. The van der Waals surface area contributed by atoms with Crippen LogP contribution in [0.4, 0.5) is 0 Å². The molecule has 0 aromatic heterocycles. The van der Waals surface area contributed by atoms with Gasteiger partial charge in [-0.15, -0.1) is 0 Å². The number of carbonyl (C=O) groups is 1. The first-order chi connectivity index (χ1) is 5.63. The van der Waals surface area contributed by atoms with Crippen molar-refractivity contribution in [3.05, 3.63) is 12.2 Å². The molecule has 2 heteroatoms. The molecule has 12 heavy (non-hydrogen) atoms. The minimum absolute atomic E-state index is 0.535. The Morgan fingerprint density at radius 3 is 2.17 bits per heavy atom. The van der Waals surface area contributed by atoms with E-state index in [0.29, 0.717) is 19.3 Å². The molecule has 0 unspecified atom stereocenters. The zero-order valence-electron chi connectivity index (χ0n) is 8.13. The summed E-state index contributed by atoms with van der Waals surface area (Å²) in [6.45, 7) is 5.78. The van der Waals surface area contributed by atoms with Gasteiger partial charge in [0, 0.05) is 0 Å². The third kappa shape index (κ3) is 2.36. The number of carboxylic acids is 1. The van der Waals surface area contributed by atoms with Crippen molar-refractivity contribution in [3.63, 3.8) is 0 Å². The first-order valence-electron chi connectivity index (χ1n) is 4.47. The number of hydrogen-bond donors (Lipinski definition) is 1. The quantitative estimate of drug-likeness (QED) is 0.644.